The highest BCUT2D eigenvalue weighted by molar-refractivity contribution is 9.10. The van der Waals surface area contributed by atoms with E-state index < -0.39 is 0 Å². The van der Waals surface area contributed by atoms with Crippen LogP contribution >= 0.6 is 15.9 Å². The highest BCUT2D eigenvalue weighted by Crippen LogP contribution is 2.55. The van der Waals surface area contributed by atoms with Crippen LogP contribution in [-0.4, -0.2) is 21.2 Å². The van der Waals surface area contributed by atoms with Crippen molar-refractivity contribution < 1.29 is 4.79 Å². The summed E-state index contributed by atoms with van der Waals surface area (Å²) < 4.78 is 2.46. The number of aromatic nitrogens is 2. The molecule has 4 nitrogen and oxygen atoms in total. The van der Waals surface area contributed by atoms with Crippen LogP contribution in [0.1, 0.15) is 49.0 Å². The van der Waals surface area contributed by atoms with Gasteiger partial charge in [-0.15, -0.1) is 0 Å². The van der Waals surface area contributed by atoms with E-state index in [4.69, 9.17) is 0 Å². The predicted octanol–water partition coefficient (Wildman–Crippen LogP) is 2.88. The highest BCUT2D eigenvalue weighted by Gasteiger charge is 2.51. The number of hydrogen-bond acceptors (Lipinski definition) is 2. The van der Waals surface area contributed by atoms with E-state index in [-0.39, 0.29) is 11.4 Å². The zero-order chi connectivity index (χ0) is 13.9. The van der Waals surface area contributed by atoms with E-state index in [1.807, 2.05) is 13.2 Å². The molecular formula is C15H20BrN3O. The quantitative estimate of drug-likeness (QED) is 0.901. The summed E-state index contributed by atoms with van der Waals surface area (Å²) in [5, 5.41) is 7.62. The molecule has 108 valence electrons. The summed E-state index contributed by atoms with van der Waals surface area (Å²) in [7, 11) is 1.84. The van der Waals surface area contributed by atoms with Crippen LogP contribution in [0.3, 0.4) is 0 Å². The number of carbonyl (C=O) groups excluding carboxylic acids is 1. The third kappa shape index (κ3) is 2.01. The van der Waals surface area contributed by atoms with Gasteiger partial charge in [-0.3, -0.25) is 9.48 Å². The number of nitrogens with one attached hydrogen (secondary N) is 1. The van der Waals surface area contributed by atoms with Gasteiger partial charge in [0.2, 0.25) is 0 Å². The summed E-state index contributed by atoms with van der Waals surface area (Å²) in [6.07, 6.45) is 9.53. The maximum atomic E-state index is 12.5. The first-order chi connectivity index (χ1) is 9.53. The molecule has 1 N–H and O–H groups in total. The predicted molar refractivity (Wildman–Crippen MR) is 79.3 cm³/mol. The van der Waals surface area contributed by atoms with Crippen molar-refractivity contribution in [3.8, 4) is 0 Å². The zero-order valence-corrected chi connectivity index (χ0v) is 13.3. The van der Waals surface area contributed by atoms with Crippen LogP contribution in [0.15, 0.2) is 10.7 Å². The molecule has 0 spiro atoms. The van der Waals surface area contributed by atoms with Gasteiger partial charge < -0.3 is 5.32 Å². The first-order valence-electron chi connectivity index (χ1n) is 7.55. The fourth-order valence-electron chi connectivity index (χ4n) is 5.18. The van der Waals surface area contributed by atoms with Gasteiger partial charge in [-0.25, -0.2) is 0 Å². The van der Waals surface area contributed by atoms with E-state index >= 15 is 0 Å². The number of rotatable bonds is 2. The Morgan fingerprint density at radius 1 is 1.30 bits per heavy atom. The summed E-state index contributed by atoms with van der Waals surface area (Å²) in [6, 6.07) is 0. The lowest BCUT2D eigenvalue weighted by molar-refractivity contribution is -0.0168. The number of aryl methyl sites for hydroxylation is 1. The average molecular weight is 338 g/mol. The van der Waals surface area contributed by atoms with E-state index in [2.05, 4.69) is 26.3 Å². The Kier molecular flexibility index (Phi) is 2.78. The second-order valence-electron chi connectivity index (χ2n) is 7.15. The fraction of sp³-hybridized carbons (Fsp3) is 0.733. The second-order valence-corrected chi connectivity index (χ2v) is 8.01. The molecular weight excluding hydrogens is 318 g/mol. The largest absolute Gasteiger partial charge is 0.345 e. The molecule has 4 aliphatic carbocycles. The molecule has 5 rings (SSSR count). The molecule has 0 unspecified atom stereocenters. The first-order valence-corrected chi connectivity index (χ1v) is 8.34. The van der Waals surface area contributed by atoms with Gasteiger partial charge in [0, 0.05) is 18.8 Å². The average Bonchev–Trinajstić information content (AvgIpc) is 2.66. The molecule has 5 heteroatoms. The van der Waals surface area contributed by atoms with Crippen LogP contribution in [0, 0.1) is 17.8 Å². The van der Waals surface area contributed by atoms with Gasteiger partial charge in [0.25, 0.3) is 5.91 Å². The second kappa shape index (κ2) is 4.33. The Morgan fingerprint density at radius 3 is 2.30 bits per heavy atom. The minimum Gasteiger partial charge on any atom is -0.345 e. The Bertz CT molecular complexity index is 530. The van der Waals surface area contributed by atoms with Gasteiger partial charge in [-0.1, -0.05) is 0 Å². The molecule has 4 saturated carbocycles. The molecule has 0 aliphatic heterocycles. The third-order valence-electron chi connectivity index (χ3n) is 5.42. The molecule has 4 fully saturated rings. The van der Waals surface area contributed by atoms with Crippen molar-refractivity contribution in [1.82, 2.24) is 15.1 Å². The van der Waals surface area contributed by atoms with Crippen molar-refractivity contribution in [2.75, 3.05) is 0 Å². The lowest BCUT2D eigenvalue weighted by Gasteiger charge is -2.56. The fourth-order valence-corrected chi connectivity index (χ4v) is 5.73. The van der Waals surface area contributed by atoms with Gasteiger partial charge in [0.15, 0.2) is 5.69 Å². The SMILES string of the molecule is Cn1cc(Br)c(C(=O)NC23CC4CC(CC(C4)C2)C3)n1. The van der Waals surface area contributed by atoms with Crippen molar-refractivity contribution in [1.29, 1.82) is 0 Å². The number of nitrogens with zero attached hydrogens (tertiary/aromatic N) is 2. The lowest BCUT2D eigenvalue weighted by atomic mass is 9.53. The molecule has 0 radical (unpaired) electrons. The van der Waals surface area contributed by atoms with Crippen molar-refractivity contribution in [2.45, 2.75) is 44.1 Å². The molecule has 1 heterocycles. The van der Waals surface area contributed by atoms with E-state index in [1.165, 1.54) is 38.5 Å². The summed E-state index contributed by atoms with van der Waals surface area (Å²) in [5.74, 6) is 2.51. The maximum Gasteiger partial charge on any atom is 0.273 e. The molecule has 1 aromatic rings. The van der Waals surface area contributed by atoms with Gasteiger partial charge in [0.1, 0.15) is 0 Å². The van der Waals surface area contributed by atoms with Gasteiger partial charge in [-0.05, 0) is 72.2 Å². The molecule has 1 amide bonds. The molecule has 4 aliphatic rings. The van der Waals surface area contributed by atoms with Gasteiger partial charge in [-0.2, -0.15) is 5.10 Å². The minimum absolute atomic E-state index is 0.0144. The van der Waals surface area contributed by atoms with Gasteiger partial charge in [0.05, 0.1) is 4.47 Å². The Labute approximate surface area is 127 Å². The third-order valence-corrected chi connectivity index (χ3v) is 6.00. The Balaban J connectivity index is 1.57. The van der Waals surface area contributed by atoms with Crippen molar-refractivity contribution in [3.63, 3.8) is 0 Å². The van der Waals surface area contributed by atoms with Crippen LogP contribution in [0.5, 0.6) is 0 Å². The van der Waals surface area contributed by atoms with Crippen LogP contribution in [0.2, 0.25) is 0 Å². The summed E-state index contributed by atoms with van der Waals surface area (Å²) >= 11 is 3.42. The Hall–Kier alpha value is -0.840. The monoisotopic (exact) mass is 337 g/mol. The molecule has 0 saturated heterocycles. The summed E-state index contributed by atoms with van der Waals surface area (Å²) in [6.45, 7) is 0. The van der Waals surface area contributed by atoms with Crippen LogP contribution in [0.25, 0.3) is 0 Å². The maximum absolute atomic E-state index is 12.5. The van der Waals surface area contributed by atoms with E-state index in [0.717, 1.165) is 22.2 Å². The lowest BCUT2D eigenvalue weighted by Crippen LogP contribution is -2.59. The van der Waals surface area contributed by atoms with E-state index in [9.17, 15) is 4.79 Å². The standard InChI is InChI=1S/C15H20BrN3O/c1-19-8-12(16)13(18-19)14(20)17-15-5-9-2-10(6-15)4-11(3-9)7-15/h8-11H,2-7H2,1H3,(H,17,20). The summed E-state index contributed by atoms with van der Waals surface area (Å²) in [5.41, 5.74) is 0.575. The number of amides is 1. The smallest absolute Gasteiger partial charge is 0.273 e. The molecule has 0 atom stereocenters. The van der Waals surface area contributed by atoms with Crippen LogP contribution in [0.4, 0.5) is 0 Å². The molecule has 20 heavy (non-hydrogen) atoms. The number of hydrogen-bond donors (Lipinski definition) is 1. The van der Waals surface area contributed by atoms with E-state index in [1.54, 1.807) is 4.68 Å². The Morgan fingerprint density at radius 2 is 1.85 bits per heavy atom. The summed E-state index contributed by atoms with van der Waals surface area (Å²) in [4.78, 5) is 12.5. The van der Waals surface area contributed by atoms with Crippen molar-refractivity contribution in [3.05, 3.63) is 16.4 Å². The molecule has 0 aromatic carbocycles. The first kappa shape index (κ1) is 12.9. The number of carbonyl (C=O) groups is 1. The topological polar surface area (TPSA) is 46.9 Å². The van der Waals surface area contributed by atoms with Gasteiger partial charge >= 0.3 is 0 Å². The van der Waals surface area contributed by atoms with Crippen LogP contribution < -0.4 is 5.32 Å². The van der Waals surface area contributed by atoms with Crippen LogP contribution in [-0.2, 0) is 7.05 Å². The normalized spacial score (nSPS) is 38.2. The number of halogens is 1. The van der Waals surface area contributed by atoms with E-state index in [0.29, 0.717) is 5.69 Å². The molecule has 4 bridgehead atoms. The zero-order valence-electron chi connectivity index (χ0n) is 11.7. The highest BCUT2D eigenvalue weighted by atomic mass is 79.9. The minimum atomic E-state index is -0.0144. The molecule has 1 aromatic heterocycles. The van der Waals surface area contributed by atoms with Crippen molar-refractivity contribution >= 4 is 21.8 Å². The van der Waals surface area contributed by atoms with Crippen molar-refractivity contribution in [2.24, 2.45) is 24.8 Å².